The van der Waals surface area contributed by atoms with Gasteiger partial charge >= 0.3 is 6.18 Å². The van der Waals surface area contributed by atoms with Gasteiger partial charge in [-0.3, -0.25) is 4.79 Å². The van der Waals surface area contributed by atoms with Crippen LogP contribution in [0.5, 0.6) is 0 Å². The third-order valence-electron chi connectivity index (χ3n) is 6.19. The van der Waals surface area contributed by atoms with Gasteiger partial charge in [0.25, 0.3) is 0 Å². The van der Waals surface area contributed by atoms with Crippen LogP contribution in [-0.4, -0.2) is 25.2 Å². The van der Waals surface area contributed by atoms with Crippen molar-refractivity contribution in [3.8, 4) is 0 Å². The number of nitrogens with zero attached hydrogens (tertiary/aromatic N) is 1. The molecule has 1 aliphatic rings. The summed E-state index contributed by atoms with van der Waals surface area (Å²) in [7, 11) is -3.86. The Bertz CT molecular complexity index is 1250. The number of amides is 1. The van der Waals surface area contributed by atoms with Crippen LogP contribution in [0.15, 0.2) is 89.8 Å². The molecule has 0 radical (unpaired) electrons. The average molecular weight is 503 g/mol. The number of piperidine rings is 1. The molecule has 0 saturated carbocycles. The number of alkyl halides is 3. The van der Waals surface area contributed by atoms with Gasteiger partial charge in [-0.25, -0.2) is 8.42 Å². The van der Waals surface area contributed by atoms with E-state index in [1.807, 2.05) is 30.3 Å². The molecule has 2 atom stereocenters. The van der Waals surface area contributed by atoms with E-state index in [9.17, 15) is 26.4 Å². The zero-order chi connectivity index (χ0) is 25.1. The Hall–Kier alpha value is -3.17. The predicted molar refractivity (Wildman–Crippen MR) is 126 cm³/mol. The van der Waals surface area contributed by atoms with Crippen LogP contribution in [-0.2, 0) is 27.5 Å². The van der Waals surface area contributed by atoms with E-state index in [1.54, 1.807) is 18.2 Å². The highest BCUT2D eigenvalue weighted by molar-refractivity contribution is 7.89. The van der Waals surface area contributed by atoms with Crippen LogP contribution >= 0.6 is 0 Å². The maximum absolute atomic E-state index is 13.5. The highest BCUT2D eigenvalue weighted by Gasteiger charge is 2.40. The topological polar surface area (TPSA) is 66.5 Å². The van der Waals surface area contributed by atoms with Gasteiger partial charge in [0.05, 0.1) is 22.4 Å². The lowest BCUT2D eigenvalue weighted by Gasteiger charge is -2.38. The molecule has 1 heterocycles. The van der Waals surface area contributed by atoms with E-state index in [4.69, 9.17) is 0 Å². The molecule has 1 aliphatic heterocycles. The molecule has 0 spiro atoms. The molecular weight excluding hydrogens is 477 g/mol. The second-order valence-corrected chi connectivity index (χ2v) is 10.4. The van der Waals surface area contributed by atoms with Crippen LogP contribution in [0.2, 0.25) is 0 Å². The van der Waals surface area contributed by atoms with Crippen LogP contribution in [0.25, 0.3) is 0 Å². The fraction of sp³-hybridized carbons (Fsp3) is 0.269. The zero-order valence-electron chi connectivity index (χ0n) is 18.8. The lowest BCUT2D eigenvalue weighted by molar-refractivity contribution is -0.137. The monoisotopic (exact) mass is 502 g/mol. The molecule has 1 saturated heterocycles. The smallest absolute Gasteiger partial charge is 0.352 e. The Labute approximate surface area is 202 Å². The van der Waals surface area contributed by atoms with Crippen molar-refractivity contribution in [2.45, 2.75) is 36.5 Å². The van der Waals surface area contributed by atoms with E-state index in [1.165, 1.54) is 28.6 Å². The van der Waals surface area contributed by atoms with Crippen LogP contribution in [0.4, 0.5) is 13.2 Å². The maximum Gasteiger partial charge on any atom is 0.416 e. The zero-order valence-corrected chi connectivity index (χ0v) is 19.6. The fourth-order valence-electron chi connectivity index (χ4n) is 4.30. The second kappa shape index (κ2) is 10.2. The van der Waals surface area contributed by atoms with Gasteiger partial charge in [-0.15, -0.1) is 0 Å². The number of hydrogen-bond acceptors (Lipinski definition) is 3. The summed E-state index contributed by atoms with van der Waals surface area (Å²) in [6, 6.07) is 21.6. The number of carbonyl (C=O) groups is 1. The molecule has 5 nitrogen and oxygen atoms in total. The Balaban J connectivity index is 1.50. The van der Waals surface area contributed by atoms with Gasteiger partial charge in [0.1, 0.15) is 0 Å². The molecule has 9 heteroatoms. The van der Waals surface area contributed by atoms with E-state index >= 15 is 0 Å². The lowest BCUT2D eigenvalue weighted by atomic mass is 9.90. The molecule has 0 bridgehead atoms. The predicted octanol–water partition coefficient (Wildman–Crippen LogP) is 5.16. The first-order chi connectivity index (χ1) is 16.7. The molecule has 1 N–H and O–H groups in total. The minimum Gasteiger partial charge on any atom is -0.352 e. The van der Waals surface area contributed by atoms with Crippen molar-refractivity contribution < 1.29 is 26.4 Å². The van der Waals surface area contributed by atoms with Gasteiger partial charge in [0, 0.05) is 13.1 Å². The quantitative estimate of drug-likeness (QED) is 0.506. The van der Waals surface area contributed by atoms with Gasteiger partial charge < -0.3 is 5.32 Å². The number of benzene rings is 3. The Kier molecular flexibility index (Phi) is 7.28. The normalized spacial score (nSPS) is 19.3. The SMILES string of the molecule is O=C(NCc1ccc(C(F)(F)F)cc1)C1CCC(c2ccccc2)N(S(=O)(=O)c2ccccc2)C1. The highest BCUT2D eigenvalue weighted by atomic mass is 32.2. The first-order valence-corrected chi connectivity index (χ1v) is 12.7. The lowest BCUT2D eigenvalue weighted by Crippen LogP contribution is -2.46. The van der Waals surface area contributed by atoms with Crippen molar-refractivity contribution in [1.82, 2.24) is 9.62 Å². The fourth-order valence-corrected chi connectivity index (χ4v) is 6.01. The summed E-state index contributed by atoms with van der Waals surface area (Å²) in [5, 5.41) is 2.75. The summed E-state index contributed by atoms with van der Waals surface area (Å²) < 4.78 is 66.7. The highest BCUT2D eigenvalue weighted by Crippen LogP contribution is 2.37. The van der Waals surface area contributed by atoms with Gasteiger partial charge in [0.2, 0.25) is 15.9 Å². The Morgan fingerprint density at radius 2 is 1.49 bits per heavy atom. The summed E-state index contributed by atoms with van der Waals surface area (Å²) in [4.78, 5) is 13.1. The number of rotatable bonds is 6. The number of carbonyl (C=O) groups excluding carboxylic acids is 1. The molecule has 1 amide bonds. The molecule has 1 fully saturated rings. The van der Waals surface area contributed by atoms with Crippen LogP contribution in [0, 0.1) is 5.92 Å². The minimum atomic E-state index is -4.42. The summed E-state index contributed by atoms with van der Waals surface area (Å²) in [5.74, 6) is -0.910. The average Bonchev–Trinajstić information content (AvgIpc) is 2.87. The maximum atomic E-state index is 13.5. The standard InChI is InChI=1S/C26H25F3N2O3S/c27-26(28,29)22-14-11-19(12-15-22)17-30-25(32)21-13-16-24(20-7-3-1-4-8-20)31(18-21)35(33,34)23-9-5-2-6-10-23/h1-12,14-15,21,24H,13,16-18H2,(H,30,32). The summed E-state index contributed by atoms with van der Waals surface area (Å²) in [6.07, 6.45) is -3.47. The van der Waals surface area contributed by atoms with E-state index < -0.39 is 33.7 Å². The van der Waals surface area contributed by atoms with Gasteiger partial charge in [-0.05, 0) is 48.2 Å². The first kappa shape index (κ1) is 24.9. The molecule has 2 unspecified atom stereocenters. The van der Waals surface area contributed by atoms with Crippen molar-refractivity contribution >= 4 is 15.9 Å². The number of sulfonamides is 1. The molecule has 3 aromatic carbocycles. The number of nitrogens with one attached hydrogen (secondary N) is 1. The third-order valence-corrected chi connectivity index (χ3v) is 8.08. The van der Waals surface area contributed by atoms with Crippen LogP contribution in [0.3, 0.4) is 0 Å². The summed E-state index contributed by atoms with van der Waals surface area (Å²) in [6.45, 7) is 0.0661. The first-order valence-electron chi connectivity index (χ1n) is 11.2. The van der Waals surface area contributed by atoms with Crippen LogP contribution in [0.1, 0.15) is 35.6 Å². The van der Waals surface area contributed by atoms with Crippen molar-refractivity contribution in [1.29, 1.82) is 0 Å². The third kappa shape index (κ3) is 5.74. The molecule has 35 heavy (non-hydrogen) atoms. The van der Waals surface area contributed by atoms with E-state index in [0.29, 0.717) is 18.4 Å². The van der Waals surface area contributed by atoms with Gasteiger partial charge in [-0.2, -0.15) is 17.5 Å². The minimum absolute atomic E-state index is 0.00956. The number of hydrogen-bond donors (Lipinski definition) is 1. The van der Waals surface area contributed by atoms with Crippen molar-refractivity contribution in [3.63, 3.8) is 0 Å². The van der Waals surface area contributed by atoms with Crippen LogP contribution < -0.4 is 5.32 Å². The molecule has 0 aliphatic carbocycles. The Morgan fingerprint density at radius 3 is 2.09 bits per heavy atom. The Morgan fingerprint density at radius 1 is 0.886 bits per heavy atom. The van der Waals surface area contributed by atoms with E-state index in [-0.39, 0.29) is 23.9 Å². The molecule has 4 rings (SSSR count). The van der Waals surface area contributed by atoms with E-state index in [0.717, 1.165) is 17.7 Å². The van der Waals surface area contributed by atoms with Crippen molar-refractivity contribution in [2.24, 2.45) is 5.92 Å². The van der Waals surface area contributed by atoms with Crippen molar-refractivity contribution in [3.05, 3.63) is 102 Å². The molecule has 184 valence electrons. The number of halogens is 3. The van der Waals surface area contributed by atoms with Crippen molar-refractivity contribution in [2.75, 3.05) is 6.54 Å². The largest absolute Gasteiger partial charge is 0.416 e. The molecule has 3 aromatic rings. The summed E-state index contributed by atoms with van der Waals surface area (Å²) in [5.41, 5.74) is 0.627. The molecule has 0 aromatic heterocycles. The van der Waals surface area contributed by atoms with E-state index in [2.05, 4.69) is 5.32 Å². The second-order valence-electron chi connectivity index (χ2n) is 8.50. The van der Waals surface area contributed by atoms with Gasteiger partial charge in [0.15, 0.2) is 0 Å². The molecular formula is C26H25F3N2O3S. The summed E-state index contributed by atoms with van der Waals surface area (Å²) >= 11 is 0. The van der Waals surface area contributed by atoms with Gasteiger partial charge in [-0.1, -0.05) is 60.7 Å².